The van der Waals surface area contributed by atoms with Crippen LogP contribution in [0.15, 0.2) is 24.3 Å². The molecular weight excluding hydrogens is 629 g/mol. The van der Waals surface area contributed by atoms with Gasteiger partial charge in [0.2, 0.25) is 0 Å². The lowest BCUT2D eigenvalue weighted by Gasteiger charge is -2.19. The number of phosphoric acid groups is 1. The minimum atomic E-state index is -4.37. The Bertz CT molecular complexity index is 851. The lowest BCUT2D eigenvalue weighted by atomic mass is 10.1. The van der Waals surface area contributed by atoms with E-state index < -0.39 is 32.5 Å². The Morgan fingerprint density at radius 1 is 0.604 bits per heavy atom. The van der Waals surface area contributed by atoms with Crippen molar-refractivity contribution in [2.24, 2.45) is 5.73 Å². The number of hydrogen-bond acceptors (Lipinski definition) is 8. The standard InChI is InChI=1S/C38H72NO8P/c1-3-5-7-9-11-13-15-17-19-21-23-25-27-29-31-38(41)47-36(35-46-48(42,43)45-33-32-39)34-44-37(40)30-28-26-24-22-20-18-16-14-12-10-8-6-4-2/h14-17,36H,3-13,18-35,39H2,1-2H3,(H,42,43)/b16-14-,17-15-/t36-/m1/s1. The van der Waals surface area contributed by atoms with Crippen molar-refractivity contribution in [1.82, 2.24) is 0 Å². The van der Waals surface area contributed by atoms with Crippen molar-refractivity contribution in [3.8, 4) is 0 Å². The number of hydrogen-bond donors (Lipinski definition) is 2. The monoisotopic (exact) mass is 701 g/mol. The van der Waals surface area contributed by atoms with Crippen molar-refractivity contribution in [3.63, 3.8) is 0 Å². The van der Waals surface area contributed by atoms with E-state index in [2.05, 4.69) is 38.2 Å². The average Bonchev–Trinajstić information content (AvgIpc) is 3.07. The summed E-state index contributed by atoms with van der Waals surface area (Å²) in [5, 5.41) is 0. The maximum atomic E-state index is 12.5. The third kappa shape index (κ3) is 34.4. The van der Waals surface area contributed by atoms with Crippen LogP contribution in [0.5, 0.6) is 0 Å². The molecule has 0 fully saturated rings. The zero-order chi connectivity index (χ0) is 35.4. The SMILES string of the molecule is CCCCCC/C=C\CCCCCCCC(=O)OC[C@H](COP(=O)(O)OCCN)OC(=O)CCCCCCC/C=C\CCCCCCC. The molecule has 0 aromatic heterocycles. The molecule has 9 nitrogen and oxygen atoms in total. The second kappa shape index (κ2) is 35.3. The Hall–Kier alpha value is -1.51. The highest BCUT2D eigenvalue weighted by molar-refractivity contribution is 7.47. The number of esters is 2. The Labute approximate surface area is 293 Å². The van der Waals surface area contributed by atoms with Gasteiger partial charge in [-0.15, -0.1) is 0 Å². The van der Waals surface area contributed by atoms with Crippen molar-refractivity contribution in [3.05, 3.63) is 24.3 Å². The van der Waals surface area contributed by atoms with Crippen LogP contribution in [0.4, 0.5) is 0 Å². The first-order valence-electron chi connectivity index (χ1n) is 19.3. The summed E-state index contributed by atoms with van der Waals surface area (Å²) < 4.78 is 32.6. The largest absolute Gasteiger partial charge is 0.472 e. The van der Waals surface area contributed by atoms with Crippen molar-refractivity contribution in [2.75, 3.05) is 26.4 Å². The summed E-state index contributed by atoms with van der Waals surface area (Å²) in [5.74, 6) is -0.848. The second-order valence-corrected chi connectivity index (χ2v) is 14.2. The van der Waals surface area contributed by atoms with E-state index in [4.69, 9.17) is 24.3 Å². The summed E-state index contributed by atoms with van der Waals surface area (Å²) in [5.41, 5.74) is 5.33. The number of unbranched alkanes of at least 4 members (excludes halogenated alkanes) is 19. The van der Waals surface area contributed by atoms with Gasteiger partial charge in [-0.2, -0.15) is 0 Å². The van der Waals surface area contributed by atoms with Gasteiger partial charge in [-0.1, -0.05) is 122 Å². The fourth-order valence-electron chi connectivity index (χ4n) is 5.15. The molecule has 0 saturated carbocycles. The molecule has 10 heteroatoms. The van der Waals surface area contributed by atoms with Gasteiger partial charge in [0.05, 0.1) is 13.2 Å². The van der Waals surface area contributed by atoms with E-state index in [0.29, 0.717) is 6.42 Å². The number of rotatable bonds is 36. The summed E-state index contributed by atoms with van der Waals surface area (Å²) in [4.78, 5) is 34.7. The molecule has 0 bridgehead atoms. The first-order chi connectivity index (χ1) is 23.3. The van der Waals surface area contributed by atoms with Crippen LogP contribution in [0.25, 0.3) is 0 Å². The lowest BCUT2D eigenvalue weighted by molar-refractivity contribution is -0.161. The van der Waals surface area contributed by atoms with Crippen LogP contribution in [0.2, 0.25) is 0 Å². The average molecular weight is 702 g/mol. The summed E-state index contributed by atoms with van der Waals surface area (Å²) >= 11 is 0. The van der Waals surface area contributed by atoms with Gasteiger partial charge < -0.3 is 20.1 Å². The first kappa shape index (κ1) is 46.5. The van der Waals surface area contributed by atoms with E-state index in [0.717, 1.165) is 70.6 Å². The van der Waals surface area contributed by atoms with Gasteiger partial charge in [0.1, 0.15) is 6.61 Å². The van der Waals surface area contributed by atoms with Gasteiger partial charge in [0.25, 0.3) is 0 Å². The van der Waals surface area contributed by atoms with E-state index in [1.165, 1.54) is 70.6 Å². The summed E-state index contributed by atoms with van der Waals surface area (Å²) in [7, 11) is -4.37. The molecular formula is C38H72NO8P. The molecule has 0 rings (SSSR count). The molecule has 0 aliphatic rings. The highest BCUT2D eigenvalue weighted by atomic mass is 31.2. The zero-order valence-corrected chi connectivity index (χ0v) is 31.6. The molecule has 0 aliphatic heterocycles. The Morgan fingerprint density at radius 2 is 1.02 bits per heavy atom. The zero-order valence-electron chi connectivity index (χ0n) is 30.7. The topological polar surface area (TPSA) is 134 Å². The Kier molecular flexibility index (Phi) is 34.2. The molecule has 0 amide bonds. The minimum absolute atomic E-state index is 0.0517. The minimum Gasteiger partial charge on any atom is -0.462 e. The highest BCUT2D eigenvalue weighted by Gasteiger charge is 2.25. The highest BCUT2D eigenvalue weighted by Crippen LogP contribution is 2.43. The van der Waals surface area contributed by atoms with E-state index in [-0.39, 0.29) is 32.6 Å². The van der Waals surface area contributed by atoms with Crippen LogP contribution in [-0.4, -0.2) is 49.3 Å². The van der Waals surface area contributed by atoms with Crippen molar-refractivity contribution in [1.29, 1.82) is 0 Å². The van der Waals surface area contributed by atoms with E-state index in [9.17, 15) is 19.0 Å². The van der Waals surface area contributed by atoms with Crippen LogP contribution in [-0.2, 0) is 32.7 Å². The van der Waals surface area contributed by atoms with Gasteiger partial charge in [0, 0.05) is 19.4 Å². The molecule has 0 spiro atoms. The van der Waals surface area contributed by atoms with Crippen LogP contribution < -0.4 is 5.73 Å². The number of ether oxygens (including phenoxy) is 2. The fraction of sp³-hybridized carbons (Fsp3) is 0.842. The van der Waals surface area contributed by atoms with Crippen LogP contribution in [0.3, 0.4) is 0 Å². The summed E-state index contributed by atoms with van der Waals surface area (Å²) in [6, 6.07) is 0. The third-order valence-electron chi connectivity index (χ3n) is 8.06. The molecule has 0 aromatic rings. The normalized spacial score (nSPS) is 13.7. The van der Waals surface area contributed by atoms with Gasteiger partial charge in [-0.25, -0.2) is 4.57 Å². The molecule has 3 N–H and O–H groups in total. The quantitative estimate of drug-likeness (QED) is 0.0283. The van der Waals surface area contributed by atoms with E-state index >= 15 is 0 Å². The predicted molar refractivity (Wildman–Crippen MR) is 197 cm³/mol. The first-order valence-corrected chi connectivity index (χ1v) is 20.8. The van der Waals surface area contributed by atoms with Crippen molar-refractivity contribution in [2.45, 2.75) is 180 Å². The third-order valence-corrected chi connectivity index (χ3v) is 9.04. The molecule has 0 saturated heterocycles. The van der Waals surface area contributed by atoms with Crippen LogP contribution in [0, 0.1) is 0 Å². The second-order valence-electron chi connectivity index (χ2n) is 12.8. The smallest absolute Gasteiger partial charge is 0.462 e. The molecule has 2 atom stereocenters. The maximum Gasteiger partial charge on any atom is 0.472 e. The van der Waals surface area contributed by atoms with Gasteiger partial charge in [-0.05, 0) is 64.2 Å². The summed E-state index contributed by atoms with van der Waals surface area (Å²) in [6.45, 7) is 3.68. The fourth-order valence-corrected chi connectivity index (χ4v) is 5.92. The number of nitrogens with two attached hydrogens (primary N) is 1. The molecule has 0 aromatic carbocycles. The molecule has 0 radical (unpaired) electrons. The van der Waals surface area contributed by atoms with Crippen LogP contribution in [0.1, 0.15) is 174 Å². The predicted octanol–water partition coefficient (Wildman–Crippen LogP) is 10.4. The molecule has 48 heavy (non-hydrogen) atoms. The Morgan fingerprint density at radius 3 is 1.50 bits per heavy atom. The lowest BCUT2D eigenvalue weighted by Crippen LogP contribution is -2.29. The maximum absolute atomic E-state index is 12.5. The Balaban J connectivity index is 4.24. The number of carbonyl (C=O) groups excluding carboxylic acids is 2. The van der Waals surface area contributed by atoms with Gasteiger partial charge >= 0.3 is 19.8 Å². The molecule has 1 unspecified atom stereocenters. The van der Waals surface area contributed by atoms with Gasteiger partial charge in [0.15, 0.2) is 6.10 Å². The van der Waals surface area contributed by atoms with Crippen LogP contribution >= 0.6 is 7.82 Å². The van der Waals surface area contributed by atoms with E-state index in [1.807, 2.05) is 0 Å². The molecule has 282 valence electrons. The van der Waals surface area contributed by atoms with E-state index in [1.54, 1.807) is 0 Å². The number of allylic oxidation sites excluding steroid dienone is 4. The molecule has 0 aliphatic carbocycles. The van der Waals surface area contributed by atoms with Gasteiger partial charge in [-0.3, -0.25) is 18.6 Å². The van der Waals surface area contributed by atoms with Crippen molar-refractivity contribution >= 4 is 19.8 Å². The van der Waals surface area contributed by atoms with Crippen molar-refractivity contribution < 1.29 is 37.6 Å². The summed E-state index contributed by atoms with van der Waals surface area (Å²) in [6.07, 6.45) is 34.9. The number of phosphoric ester groups is 1. The molecule has 0 heterocycles. The number of carbonyl (C=O) groups is 2.